The number of para-hydroxylation sites is 1. The molecular weight excluding hydrogens is 384 g/mol. The molecule has 6 nitrogen and oxygen atoms in total. The highest BCUT2D eigenvalue weighted by atomic mass is 32.2. The number of hydrogen-bond donors (Lipinski definition) is 0. The quantitative estimate of drug-likeness (QED) is 0.588. The fourth-order valence-electron chi connectivity index (χ4n) is 3.21. The first-order valence-electron chi connectivity index (χ1n) is 9.38. The first kappa shape index (κ1) is 22.0. The molecule has 152 valence electrons. The second kappa shape index (κ2) is 9.80. The van der Waals surface area contributed by atoms with Crippen LogP contribution in [0.25, 0.3) is 0 Å². The summed E-state index contributed by atoms with van der Waals surface area (Å²) in [4.78, 5) is 14.7. The van der Waals surface area contributed by atoms with Crippen molar-refractivity contribution < 1.29 is 17.9 Å². The Labute approximate surface area is 167 Å². The van der Waals surface area contributed by atoms with Crippen LogP contribution in [0.4, 0.5) is 0 Å². The van der Waals surface area contributed by atoms with E-state index < -0.39 is 10.0 Å². The Morgan fingerprint density at radius 2 is 1.96 bits per heavy atom. The molecule has 1 saturated heterocycles. The summed E-state index contributed by atoms with van der Waals surface area (Å²) in [6.07, 6.45) is 1.98. The first-order chi connectivity index (χ1) is 12.9. The lowest BCUT2D eigenvalue weighted by Gasteiger charge is -2.26. The summed E-state index contributed by atoms with van der Waals surface area (Å²) in [7, 11) is 0.0369. The van der Waals surface area contributed by atoms with E-state index in [1.807, 2.05) is 43.0 Å². The van der Waals surface area contributed by atoms with Crippen molar-refractivity contribution in [1.29, 1.82) is 0 Å². The topological polar surface area (TPSA) is 66.9 Å². The van der Waals surface area contributed by atoms with Gasteiger partial charge in [0.05, 0.1) is 18.1 Å². The van der Waals surface area contributed by atoms with E-state index in [4.69, 9.17) is 4.74 Å². The highest BCUT2D eigenvalue weighted by Gasteiger charge is 2.40. The minimum atomic E-state index is -3.21. The van der Waals surface area contributed by atoms with Crippen molar-refractivity contribution in [3.8, 4) is 5.75 Å². The highest BCUT2D eigenvalue weighted by Crippen LogP contribution is 2.46. The number of rotatable bonds is 10. The van der Waals surface area contributed by atoms with Gasteiger partial charge in [-0.15, -0.1) is 11.8 Å². The third-order valence-corrected chi connectivity index (χ3v) is 8.41. The Balaban J connectivity index is 2.11. The molecule has 0 aliphatic carbocycles. The number of hydrogen-bond acceptors (Lipinski definition) is 5. The average molecular weight is 415 g/mol. The normalized spacial score (nSPS) is 20.5. The van der Waals surface area contributed by atoms with E-state index in [2.05, 4.69) is 0 Å². The minimum absolute atomic E-state index is 0.0681. The number of benzene rings is 1. The van der Waals surface area contributed by atoms with E-state index in [0.29, 0.717) is 25.9 Å². The maximum Gasteiger partial charge on any atom is 0.236 e. The summed E-state index contributed by atoms with van der Waals surface area (Å²) in [5, 5.41) is -0.169. The second-order valence-corrected chi connectivity index (χ2v) is 10.1. The van der Waals surface area contributed by atoms with Crippen LogP contribution in [0.2, 0.25) is 0 Å². The van der Waals surface area contributed by atoms with Crippen LogP contribution in [-0.2, 0) is 14.8 Å². The number of ether oxygens (including phenoxy) is 1. The lowest BCUT2D eigenvalue weighted by Crippen LogP contribution is -2.35. The molecule has 0 radical (unpaired) electrons. The number of amides is 1. The molecule has 1 heterocycles. The van der Waals surface area contributed by atoms with E-state index >= 15 is 0 Å². The lowest BCUT2D eigenvalue weighted by molar-refractivity contribution is -0.130. The average Bonchev–Trinajstić information content (AvgIpc) is 2.97. The van der Waals surface area contributed by atoms with Gasteiger partial charge in [-0.05, 0) is 25.3 Å². The molecule has 1 amide bonds. The lowest BCUT2D eigenvalue weighted by atomic mass is 10.1. The largest absolute Gasteiger partial charge is 0.496 e. The Kier molecular flexibility index (Phi) is 8.00. The maximum absolute atomic E-state index is 12.8. The van der Waals surface area contributed by atoms with Gasteiger partial charge in [-0.2, -0.15) is 0 Å². The zero-order chi connectivity index (χ0) is 20.0. The molecule has 1 aromatic rings. The third-order valence-electron chi connectivity index (χ3n) is 4.72. The fraction of sp³-hybridized carbons (Fsp3) is 0.632. The van der Waals surface area contributed by atoms with Gasteiger partial charge in [0.1, 0.15) is 11.1 Å². The molecular formula is C19H30N2O4S2. The van der Waals surface area contributed by atoms with E-state index in [0.717, 1.165) is 17.7 Å². The van der Waals surface area contributed by atoms with Crippen molar-refractivity contribution >= 4 is 27.7 Å². The summed E-state index contributed by atoms with van der Waals surface area (Å²) in [5.41, 5.74) is 0.987. The zero-order valence-corrected chi connectivity index (χ0v) is 18.2. The minimum Gasteiger partial charge on any atom is -0.496 e. The number of methoxy groups -OCH3 is 1. The molecule has 0 bridgehead atoms. The monoisotopic (exact) mass is 414 g/mol. The summed E-state index contributed by atoms with van der Waals surface area (Å²) in [6, 6.07) is 7.76. The van der Waals surface area contributed by atoms with Crippen molar-refractivity contribution in [3.63, 3.8) is 0 Å². The fourth-order valence-corrected chi connectivity index (χ4v) is 5.90. The van der Waals surface area contributed by atoms with Crippen molar-refractivity contribution in [2.24, 2.45) is 0 Å². The predicted octanol–water partition coefficient (Wildman–Crippen LogP) is 3.11. The second-order valence-electron chi connectivity index (χ2n) is 6.65. The number of nitrogens with zero attached hydrogens (tertiary/aromatic N) is 2. The van der Waals surface area contributed by atoms with Gasteiger partial charge in [-0.3, -0.25) is 4.79 Å². The standard InChI is InChI=1S/C19H30N2O4S2/c1-5-14-27(23,24)20(3)12-9-13-21-18(22)17(6-2)26-19(21)15-10-7-8-11-16(15)25-4/h7-8,10-11,17,19H,5-6,9,12-14H2,1-4H3. The van der Waals surface area contributed by atoms with Crippen LogP contribution in [0, 0.1) is 0 Å². The van der Waals surface area contributed by atoms with Crippen LogP contribution in [0.5, 0.6) is 5.75 Å². The summed E-state index contributed by atoms with van der Waals surface area (Å²) in [5.74, 6) is 1.05. The van der Waals surface area contributed by atoms with Gasteiger partial charge in [0.15, 0.2) is 0 Å². The number of carbonyl (C=O) groups excluding carboxylic acids is 1. The van der Waals surface area contributed by atoms with Gasteiger partial charge in [0.25, 0.3) is 0 Å². The van der Waals surface area contributed by atoms with Gasteiger partial charge in [-0.1, -0.05) is 32.0 Å². The zero-order valence-electron chi connectivity index (χ0n) is 16.6. The smallest absolute Gasteiger partial charge is 0.236 e. The van der Waals surface area contributed by atoms with Crippen LogP contribution in [0.15, 0.2) is 24.3 Å². The van der Waals surface area contributed by atoms with Crippen LogP contribution in [-0.4, -0.2) is 61.8 Å². The molecule has 0 aromatic heterocycles. The SMILES string of the molecule is CCCS(=O)(=O)N(C)CCCN1C(=O)C(CC)SC1c1ccccc1OC. The van der Waals surface area contributed by atoms with Gasteiger partial charge in [-0.25, -0.2) is 12.7 Å². The Bertz CT molecular complexity index is 739. The van der Waals surface area contributed by atoms with Gasteiger partial charge in [0.2, 0.25) is 15.9 Å². The Hall–Kier alpha value is -1.25. The van der Waals surface area contributed by atoms with Gasteiger partial charge in [0, 0.05) is 25.7 Å². The molecule has 0 N–H and O–H groups in total. The Morgan fingerprint density at radius 3 is 2.59 bits per heavy atom. The van der Waals surface area contributed by atoms with Crippen molar-refractivity contribution in [3.05, 3.63) is 29.8 Å². The number of thioether (sulfide) groups is 1. The van der Waals surface area contributed by atoms with Crippen LogP contribution in [0.1, 0.15) is 44.0 Å². The molecule has 27 heavy (non-hydrogen) atoms. The highest BCUT2D eigenvalue weighted by molar-refractivity contribution is 8.01. The molecule has 8 heteroatoms. The first-order valence-corrected chi connectivity index (χ1v) is 11.9. The molecule has 1 aliphatic rings. The van der Waals surface area contributed by atoms with E-state index in [1.165, 1.54) is 4.31 Å². The van der Waals surface area contributed by atoms with Crippen LogP contribution >= 0.6 is 11.8 Å². The molecule has 1 fully saturated rings. The molecule has 2 rings (SSSR count). The molecule has 1 aromatic carbocycles. The summed E-state index contributed by atoms with van der Waals surface area (Å²) in [6.45, 7) is 4.81. The van der Waals surface area contributed by atoms with E-state index in [-0.39, 0.29) is 22.3 Å². The molecule has 1 aliphatic heterocycles. The molecule has 2 atom stereocenters. The predicted molar refractivity (Wildman–Crippen MR) is 110 cm³/mol. The number of carbonyl (C=O) groups is 1. The van der Waals surface area contributed by atoms with Crippen LogP contribution < -0.4 is 4.74 Å². The van der Waals surface area contributed by atoms with Crippen molar-refractivity contribution in [1.82, 2.24) is 9.21 Å². The molecule has 0 spiro atoms. The summed E-state index contributed by atoms with van der Waals surface area (Å²) >= 11 is 1.65. The number of sulfonamides is 1. The van der Waals surface area contributed by atoms with Crippen LogP contribution in [0.3, 0.4) is 0 Å². The maximum atomic E-state index is 12.8. The molecule has 0 saturated carbocycles. The van der Waals surface area contributed by atoms with E-state index in [1.54, 1.807) is 25.9 Å². The van der Waals surface area contributed by atoms with Gasteiger partial charge >= 0.3 is 0 Å². The Morgan fingerprint density at radius 1 is 1.26 bits per heavy atom. The molecule has 2 unspecified atom stereocenters. The van der Waals surface area contributed by atoms with Gasteiger partial charge < -0.3 is 9.64 Å². The van der Waals surface area contributed by atoms with Crippen molar-refractivity contribution in [2.45, 2.75) is 43.7 Å². The van der Waals surface area contributed by atoms with E-state index in [9.17, 15) is 13.2 Å². The summed E-state index contributed by atoms with van der Waals surface area (Å²) < 4.78 is 31.1. The third kappa shape index (κ3) is 5.18. The van der Waals surface area contributed by atoms with Crippen molar-refractivity contribution in [2.75, 3.05) is 33.0 Å².